The number of aromatic nitrogens is 5. The van der Waals surface area contributed by atoms with E-state index in [1.807, 2.05) is 12.1 Å². The van der Waals surface area contributed by atoms with Crippen molar-refractivity contribution in [3.8, 4) is 5.95 Å². The lowest BCUT2D eigenvalue weighted by Crippen LogP contribution is -2.25. The van der Waals surface area contributed by atoms with E-state index in [0.29, 0.717) is 23.1 Å². The van der Waals surface area contributed by atoms with Crippen molar-refractivity contribution in [1.29, 1.82) is 0 Å². The van der Waals surface area contributed by atoms with Crippen LogP contribution >= 0.6 is 0 Å². The third-order valence-corrected chi connectivity index (χ3v) is 5.24. The summed E-state index contributed by atoms with van der Waals surface area (Å²) in [6, 6.07) is 8.88. The van der Waals surface area contributed by atoms with Crippen molar-refractivity contribution in [2.24, 2.45) is 0 Å². The molecule has 3 heterocycles. The van der Waals surface area contributed by atoms with Crippen molar-refractivity contribution in [3.63, 3.8) is 0 Å². The number of nitrogens with one attached hydrogen (secondary N) is 3. The fraction of sp³-hybridized carbons (Fsp3) is 0.190. The van der Waals surface area contributed by atoms with Gasteiger partial charge in [-0.15, -0.1) is 0 Å². The molecule has 0 spiro atoms. The molecule has 0 radical (unpaired) electrons. The number of nitrogens with zero attached hydrogens (tertiary/aromatic N) is 3. The van der Waals surface area contributed by atoms with E-state index in [0.717, 1.165) is 24.1 Å². The molecule has 0 saturated heterocycles. The Morgan fingerprint density at radius 3 is 2.90 bits per heavy atom. The van der Waals surface area contributed by atoms with Gasteiger partial charge in [-0.3, -0.25) is 19.4 Å². The maximum absolute atomic E-state index is 12.8. The van der Waals surface area contributed by atoms with Crippen LogP contribution in [0.1, 0.15) is 33.7 Å². The highest BCUT2D eigenvalue weighted by Crippen LogP contribution is 2.21. The Balaban J connectivity index is 1.48. The lowest BCUT2D eigenvalue weighted by atomic mass is 10.1. The van der Waals surface area contributed by atoms with Gasteiger partial charge in [0.25, 0.3) is 17.2 Å². The SMILES string of the molecule is Cc1cc(NC(=O)C(=O)c2c[nH]c3ccccc23)n(-c2nc3c(c(=O)[nH]2)CCC3)n1. The standard InChI is InChI=1S/C21H18N6O3/c1-11-9-17(27(26-11)21-23-16-8-4-6-13(16)19(29)25-21)24-20(30)18(28)14-10-22-15-7-3-2-5-12(14)15/h2-3,5,7,9-10,22H,4,6,8H2,1H3,(H,24,30)(H,23,25,29). The zero-order valence-electron chi connectivity index (χ0n) is 16.2. The second kappa shape index (κ2) is 6.80. The molecule has 3 aromatic heterocycles. The number of para-hydroxylation sites is 1. The van der Waals surface area contributed by atoms with Gasteiger partial charge in [0.05, 0.1) is 17.0 Å². The number of anilines is 1. The molecule has 9 nitrogen and oxygen atoms in total. The van der Waals surface area contributed by atoms with E-state index in [1.54, 1.807) is 25.1 Å². The fourth-order valence-corrected chi connectivity index (χ4v) is 3.83. The summed E-state index contributed by atoms with van der Waals surface area (Å²) in [6.07, 6.45) is 3.84. The molecule has 4 aromatic rings. The molecule has 30 heavy (non-hydrogen) atoms. The number of Topliss-reactive ketones (excluding diaryl/α,β-unsaturated/α-hetero) is 1. The maximum Gasteiger partial charge on any atom is 0.298 e. The molecule has 5 rings (SSSR count). The van der Waals surface area contributed by atoms with E-state index < -0.39 is 11.7 Å². The zero-order chi connectivity index (χ0) is 20.8. The first-order chi connectivity index (χ1) is 14.5. The van der Waals surface area contributed by atoms with Crippen LogP contribution in [0.5, 0.6) is 0 Å². The van der Waals surface area contributed by atoms with Crippen molar-refractivity contribution >= 4 is 28.4 Å². The molecule has 9 heteroatoms. The molecule has 1 amide bonds. The number of amides is 1. The lowest BCUT2D eigenvalue weighted by Gasteiger charge is -2.09. The van der Waals surface area contributed by atoms with E-state index in [1.165, 1.54) is 10.9 Å². The van der Waals surface area contributed by atoms with E-state index in [2.05, 4.69) is 25.4 Å². The van der Waals surface area contributed by atoms with Crippen LogP contribution < -0.4 is 10.9 Å². The first-order valence-electron chi connectivity index (χ1n) is 9.62. The number of carbonyl (C=O) groups excluding carboxylic acids is 2. The van der Waals surface area contributed by atoms with Gasteiger partial charge in [0.15, 0.2) is 0 Å². The maximum atomic E-state index is 12.8. The molecule has 0 saturated carbocycles. The molecule has 150 valence electrons. The quantitative estimate of drug-likeness (QED) is 0.356. The zero-order valence-corrected chi connectivity index (χ0v) is 16.2. The largest absolute Gasteiger partial charge is 0.360 e. The van der Waals surface area contributed by atoms with Gasteiger partial charge < -0.3 is 10.3 Å². The number of hydrogen-bond donors (Lipinski definition) is 3. The Bertz CT molecular complexity index is 1380. The average molecular weight is 402 g/mol. The molecule has 0 fully saturated rings. The summed E-state index contributed by atoms with van der Waals surface area (Å²) in [4.78, 5) is 48.0. The minimum Gasteiger partial charge on any atom is -0.360 e. The van der Waals surface area contributed by atoms with E-state index >= 15 is 0 Å². The van der Waals surface area contributed by atoms with Gasteiger partial charge in [-0.1, -0.05) is 18.2 Å². The summed E-state index contributed by atoms with van der Waals surface area (Å²) >= 11 is 0. The van der Waals surface area contributed by atoms with Crippen LogP contribution in [0.2, 0.25) is 0 Å². The third-order valence-electron chi connectivity index (χ3n) is 5.24. The molecule has 1 aromatic carbocycles. The van der Waals surface area contributed by atoms with Gasteiger partial charge in [0, 0.05) is 28.7 Å². The van der Waals surface area contributed by atoms with E-state index in [4.69, 9.17) is 0 Å². The van der Waals surface area contributed by atoms with Crippen molar-refractivity contribution in [2.45, 2.75) is 26.2 Å². The summed E-state index contributed by atoms with van der Waals surface area (Å²) in [7, 11) is 0. The van der Waals surface area contributed by atoms with Crippen molar-refractivity contribution in [3.05, 3.63) is 69.4 Å². The number of aromatic amines is 2. The summed E-state index contributed by atoms with van der Waals surface area (Å²) < 4.78 is 1.34. The van der Waals surface area contributed by atoms with Crippen LogP contribution in [0, 0.1) is 6.92 Å². The number of rotatable bonds is 4. The number of fused-ring (bicyclic) bond motifs is 2. The predicted octanol–water partition coefficient (Wildman–Crippen LogP) is 2.06. The number of aryl methyl sites for hydroxylation is 2. The van der Waals surface area contributed by atoms with Crippen LogP contribution in [-0.4, -0.2) is 36.4 Å². The fourth-order valence-electron chi connectivity index (χ4n) is 3.83. The summed E-state index contributed by atoms with van der Waals surface area (Å²) in [6.45, 7) is 1.75. The number of carbonyl (C=O) groups is 2. The highest BCUT2D eigenvalue weighted by atomic mass is 16.2. The van der Waals surface area contributed by atoms with Crippen LogP contribution in [0.25, 0.3) is 16.9 Å². The molecule has 1 aliphatic rings. The average Bonchev–Trinajstić information content (AvgIpc) is 3.45. The highest BCUT2D eigenvalue weighted by molar-refractivity contribution is 6.48. The van der Waals surface area contributed by atoms with E-state index in [-0.39, 0.29) is 22.9 Å². The summed E-state index contributed by atoms with van der Waals surface area (Å²) in [5.74, 6) is -1.01. The minimum atomic E-state index is -0.801. The smallest absolute Gasteiger partial charge is 0.298 e. The molecule has 0 aliphatic heterocycles. The Morgan fingerprint density at radius 2 is 2.03 bits per heavy atom. The van der Waals surface area contributed by atoms with Crippen LogP contribution in [-0.2, 0) is 17.6 Å². The molecule has 0 bridgehead atoms. The first-order valence-corrected chi connectivity index (χ1v) is 9.62. The van der Waals surface area contributed by atoms with E-state index in [9.17, 15) is 14.4 Å². The number of H-pyrrole nitrogens is 2. The Labute approximate surface area is 170 Å². The Morgan fingerprint density at radius 1 is 1.20 bits per heavy atom. The lowest BCUT2D eigenvalue weighted by molar-refractivity contribution is -0.112. The highest BCUT2D eigenvalue weighted by Gasteiger charge is 2.23. The van der Waals surface area contributed by atoms with Crippen molar-refractivity contribution in [1.82, 2.24) is 24.7 Å². The molecule has 0 unspecified atom stereocenters. The third kappa shape index (κ3) is 2.91. The number of benzene rings is 1. The molecular formula is C21H18N6O3. The van der Waals surface area contributed by atoms with Gasteiger partial charge in [0.1, 0.15) is 5.82 Å². The summed E-state index contributed by atoms with van der Waals surface area (Å²) in [5, 5.41) is 7.60. The van der Waals surface area contributed by atoms with Crippen LogP contribution in [0.4, 0.5) is 5.82 Å². The van der Waals surface area contributed by atoms with Crippen molar-refractivity contribution in [2.75, 3.05) is 5.32 Å². The first kappa shape index (κ1) is 18.0. The summed E-state index contributed by atoms with van der Waals surface area (Å²) in [5.41, 5.74) is 2.90. The Hall–Kier alpha value is -4.01. The topological polar surface area (TPSA) is 126 Å². The Kier molecular flexibility index (Phi) is 4.09. The normalized spacial score (nSPS) is 12.8. The monoisotopic (exact) mass is 402 g/mol. The van der Waals surface area contributed by atoms with Gasteiger partial charge in [0.2, 0.25) is 5.95 Å². The number of hydrogen-bond acceptors (Lipinski definition) is 5. The molecule has 1 aliphatic carbocycles. The van der Waals surface area contributed by atoms with Gasteiger partial charge in [-0.25, -0.2) is 4.98 Å². The second-order valence-corrected chi connectivity index (χ2v) is 7.28. The molecule has 0 atom stereocenters. The van der Waals surface area contributed by atoms with Gasteiger partial charge in [-0.2, -0.15) is 9.78 Å². The van der Waals surface area contributed by atoms with Crippen LogP contribution in [0.3, 0.4) is 0 Å². The van der Waals surface area contributed by atoms with Crippen molar-refractivity contribution < 1.29 is 9.59 Å². The number of ketones is 1. The van der Waals surface area contributed by atoms with Gasteiger partial charge in [-0.05, 0) is 32.3 Å². The minimum absolute atomic E-state index is 0.201. The van der Waals surface area contributed by atoms with Gasteiger partial charge >= 0.3 is 0 Å². The van der Waals surface area contributed by atoms with Crippen LogP contribution in [0.15, 0.2) is 41.3 Å². The molecular weight excluding hydrogens is 384 g/mol. The predicted molar refractivity (Wildman–Crippen MR) is 110 cm³/mol. The molecule has 3 N–H and O–H groups in total. The second-order valence-electron chi connectivity index (χ2n) is 7.28.